The summed E-state index contributed by atoms with van der Waals surface area (Å²) in [5.41, 5.74) is 6.02. The van der Waals surface area contributed by atoms with Gasteiger partial charge in [0.2, 0.25) is 0 Å². The summed E-state index contributed by atoms with van der Waals surface area (Å²) in [5.74, 6) is 1.02. The normalized spacial score (nSPS) is 15.7. The average molecular weight is 555 g/mol. The lowest BCUT2D eigenvalue weighted by Gasteiger charge is -2.22. The van der Waals surface area contributed by atoms with Gasteiger partial charge in [0.05, 0.1) is 0 Å². The van der Waals surface area contributed by atoms with Crippen molar-refractivity contribution in [1.82, 2.24) is 19.3 Å². The van der Waals surface area contributed by atoms with Crippen LogP contribution < -0.4 is 0 Å². The van der Waals surface area contributed by atoms with Crippen LogP contribution >= 0.6 is 0 Å². The van der Waals surface area contributed by atoms with Gasteiger partial charge in [-0.3, -0.25) is 4.99 Å². The smallest absolute Gasteiger partial charge is 0.137 e. The van der Waals surface area contributed by atoms with Crippen LogP contribution in [0, 0.1) is 16.2 Å². The first-order valence-corrected chi connectivity index (χ1v) is 15.3. The lowest BCUT2D eigenvalue weighted by atomic mass is 9.88. The first-order valence-electron chi connectivity index (χ1n) is 15.3. The quantitative estimate of drug-likeness (QED) is 0.330. The van der Waals surface area contributed by atoms with Gasteiger partial charge < -0.3 is 14.5 Å². The molecule has 6 nitrogen and oxygen atoms in total. The SMILES string of the molecule is CC(=N)C(C)(C)C.CC(C)(C)C1=NCCC1.CC(C)(C)c1ccc2n1CCCCC2.Cn1cnnc1C(C)(C)C. The monoisotopic (exact) mass is 555 g/mol. The van der Waals surface area contributed by atoms with Gasteiger partial charge in [-0.1, -0.05) is 89.5 Å². The predicted molar refractivity (Wildman–Crippen MR) is 174 cm³/mol. The number of aliphatic imine (C=N–C) groups is 1. The third-order valence-corrected chi connectivity index (χ3v) is 7.40. The first kappa shape index (κ1) is 35.8. The second-order valence-electron chi connectivity index (χ2n) is 15.5. The molecule has 0 aromatic carbocycles. The van der Waals surface area contributed by atoms with Crippen LogP contribution in [0.5, 0.6) is 0 Å². The van der Waals surface area contributed by atoms with E-state index in [0.717, 1.165) is 18.1 Å². The van der Waals surface area contributed by atoms with E-state index >= 15 is 0 Å². The van der Waals surface area contributed by atoms with Crippen LogP contribution in [0.25, 0.3) is 0 Å². The molecule has 0 atom stereocenters. The number of nitrogens with one attached hydrogen (secondary N) is 1. The molecule has 2 aromatic rings. The van der Waals surface area contributed by atoms with E-state index in [0.29, 0.717) is 10.8 Å². The fourth-order valence-corrected chi connectivity index (χ4v) is 4.51. The van der Waals surface area contributed by atoms with Crippen molar-refractivity contribution in [1.29, 1.82) is 5.41 Å². The van der Waals surface area contributed by atoms with Crippen molar-refractivity contribution in [3.63, 3.8) is 0 Å². The Morgan fingerprint density at radius 3 is 1.73 bits per heavy atom. The molecule has 2 aromatic heterocycles. The van der Waals surface area contributed by atoms with Gasteiger partial charge in [-0.05, 0) is 62.0 Å². The van der Waals surface area contributed by atoms with Crippen molar-refractivity contribution in [2.75, 3.05) is 6.54 Å². The van der Waals surface area contributed by atoms with Crippen LogP contribution in [-0.2, 0) is 30.8 Å². The van der Waals surface area contributed by atoms with Crippen molar-refractivity contribution in [2.45, 2.75) is 146 Å². The fourth-order valence-electron chi connectivity index (χ4n) is 4.51. The molecular formula is C34H62N6. The topological polar surface area (TPSA) is 71.8 Å². The van der Waals surface area contributed by atoms with Crippen LogP contribution in [-0.4, -0.2) is 37.3 Å². The fraction of sp³-hybridized carbons (Fsp3) is 0.765. The minimum Gasteiger partial charge on any atom is -0.348 e. The Labute approximate surface area is 247 Å². The van der Waals surface area contributed by atoms with Gasteiger partial charge in [0.1, 0.15) is 12.2 Å². The first-order chi connectivity index (χ1) is 18.2. The molecule has 2 aliphatic heterocycles. The van der Waals surface area contributed by atoms with Crippen molar-refractivity contribution in [2.24, 2.45) is 22.9 Å². The summed E-state index contributed by atoms with van der Waals surface area (Å²) < 4.78 is 4.49. The largest absolute Gasteiger partial charge is 0.348 e. The highest BCUT2D eigenvalue weighted by Crippen LogP contribution is 2.28. The standard InChI is InChI=1S/C13H21N.C8H15N.C7H13N3.C6H13N/c1-13(2,3)12-9-8-11-7-5-4-6-10-14(11)12;1-8(2,3)7-5-4-6-9-7;1-7(2,3)6-9-8-5-10(6)4;1-5(7)6(2,3)4/h8-9H,4-7,10H2,1-3H3;4-6H2,1-3H3;5H,1-4H3;7H,1-4H3. The number of aryl methyl sites for hydroxylation is 2. The molecule has 0 amide bonds. The summed E-state index contributed by atoms with van der Waals surface area (Å²) in [6.45, 7) is 30.2. The summed E-state index contributed by atoms with van der Waals surface area (Å²) >= 11 is 0. The van der Waals surface area contributed by atoms with Crippen molar-refractivity contribution in [3.05, 3.63) is 35.7 Å². The van der Waals surface area contributed by atoms with Crippen LogP contribution in [0.3, 0.4) is 0 Å². The predicted octanol–water partition coefficient (Wildman–Crippen LogP) is 8.96. The third kappa shape index (κ3) is 12.1. The zero-order valence-electron chi connectivity index (χ0n) is 28.6. The summed E-state index contributed by atoms with van der Waals surface area (Å²) in [7, 11) is 1.96. The van der Waals surface area contributed by atoms with E-state index in [1.54, 1.807) is 12.0 Å². The van der Waals surface area contributed by atoms with Gasteiger partial charge in [-0.25, -0.2) is 0 Å². The summed E-state index contributed by atoms with van der Waals surface area (Å²) in [5, 5.41) is 14.9. The second kappa shape index (κ2) is 14.6. The molecule has 0 spiro atoms. The average Bonchev–Trinajstić information content (AvgIpc) is 3.52. The minimum atomic E-state index is 0.0833. The molecule has 4 rings (SSSR count). The molecule has 0 radical (unpaired) electrons. The van der Waals surface area contributed by atoms with Crippen LogP contribution in [0.4, 0.5) is 0 Å². The molecule has 4 heterocycles. The summed E-state index contributed by atoms with van der Waals surface area (Å²) in [4.78, 5) is 4.42. The summed E-state index contributed by atoms with van der Waals surface area (Å²) in [6, 6.07) is 4.65. The number of nitrogens with zero attached hydrogens (tertiary/aromatic N) is 5. The molecule has 40 heavy (non-hydrogen) atoms. The highest BCUT2D eigenvalue weighted by molar-refractivity contribution is 5.90. The number of hydrogen-bond donors (Lipinski definition) is 1. The Balaban J connectivity index is 0.000000276. The molecule has 0 bridgehead atoms. The Kier molecular flexibility index (Phi) is 13.1. The number of hydrogen-bond acceptors (Lipinski definition) is 4. The van der Waals surface area contributed by atoms with Gasteiger partial charge in [0.25, 0.3) is 0 Å². The molecule has 0 saturated heterocycles. The van der Waals surface area contributed by atoms with Crippen molar-refractivity contribution in [3.8, 4) is 0 Å². The van der Waals surface area contributed by atoms with E-state index in [1.165, 1.54) is 56.5 Å². The second-order valence-corrected chi connectivity index (χ2v) is 15.5. The van der Waals surface area contributed by atoms with Gasteiger partial charge in [0, 0.05) is 53.8 Å². The molecule has 2 aliphatic rings. The number of fused-ring (bicyclic) bond motifs is 1. The summed E-state index contributed by atoms with van der Waals surface area (Å²) in [6.07, 6.45) is 9.61. The van der Waals surface area contributed by atoms with E-state index in [2.05, 4.69) is 94.2 Å². The van der Waals surface area contributed by atoms with Crippen molar-refractivity contribution < 1.29 is 0 Å². The third-order valence-electron chi connectivity index (χ3n) is 7.40. The van der Waals surface area contributed by atoms with Gasteiger partial charge in [-0.2, -0.15) is 0 Å². The molecular weight excluding hydrogens is 492 g/mol. The van der Waals surface area contributed by atoms with Gasteiger partial charge in [-0.15, -0.1) is 10.2 Å². The van der Waals surface area contributed by atoms with E-state index in [4.69, 9.17) is 5.41 Å². The van der Waals surface area contributed by atoms with Crippen LogP contribution in [0.2, 0.25) is 0 Å². The molecule has 6 heteroatoms. The van der Waals surface area contributed by atoms with E-state index in [1.807, 2.05) is 39.3 Å². The molecule has 0 aliphatic carbocycles. The molecule has 228 valence electrons. The van der Waals surface area contributed by atoms with Crippen LogP contribution in [0.1, 0.15) is 139 Å². The Bertz CT molecular complexity index is 1070. The molecule has 0 saturated carbocycles. The van der Waals surface area contributed by atoms with Crippen LogP contribution in [0.15, 0.2) is 23.5 Å². The lowest BCUT2D eigenvalue weighted by molar-refractivity contribution is 0.506. The minimum absolute atomic E-state index is 0.0833. The maximum absolute atomic E-state index is 7.15. The highest BCUT2D eigenvalue weighted by atomic mass is 15.3. The highest BCUT2D eigenvalue weighted by Gasteiger charge is 2.22. The van der Waals surface area contributed by atoms with Gasteiger partial charge >= 0.3 is 0 Å². The Morgan fingerprint density at radius 2 is 1.38 bits per heavy atom. The zero-order chi connectivity index (χ0) is 30.9. The number of rotatable bonds is 0. The molecule has 0 unspecified atom stereocenters. The maximum Gasteiger partial charge on any atom is 0.137 e. The Morgan fingerprint density at radius 1 is 0.775 bits per heavy atom. The Hall–Kier alpha value is -2.24. The van der Waals surface area contributed by atoms with E-state index < -0.39 is 0 Å². The molecule has 0 fully saturated rings. The zero-order valence-corrected chi connectivity index (χ0v) is 28.6. The van der Waals surface area contributed by atoms with E-state index in [9.17, 15) is 0 Å². The van der Waals surface area contributed by atoms with Crippen molar-refractivity contribution >= 4 is 11.4 Å². The van der Waals surface area contributed by atoms with E-state index in [-0.39, 0.29) is 10.8 Å². The lowest BCUT2D eigenvalue weighted by Crippen LogP contribution is -2.18. The maximum atomic E-state index is 7.15. The molecule has 1 N–H and O–H groups in total. The number of aromatic nitrogens is 4. The van der Waals surface area contributed by atoms with Gasteiger partial charge in [0.15, 0.2) is 0 Å².